The molecule has 4 rings (SSSR count). The number of H-pyrrole nitrogens is 1. The highest BCUT2D eigenvalue weighted by Crippen LogP contribution is 2.22. The van der Waals surface area contributed by atoms with Gasteiger partial charge in [-0.15, -0.1) is 0 Å². The SMILES string of the molecule is O=C(Nc1ccc(-c2ccn[nH]2)cc1)C1CCCN(Cc2ccccn2)C1. The van der Waals surface area contributed by atoms with Crippen molar-refractivity contribution in [2.24, 2.45) is 5.92 Å². The fraction of sp³-hybridized carbons (Fsp3) is 0.286. The molecule has 1 atom stereocenters. The van der Waals surface area contributed by atoms with Crippen molar-refractivity contribution in [2.75, 3.05) is 18.4 Å². The summed E-state index contributed by atoms with van der Waals surface area (Å²) < 4.78 is 0. The summed E-state index contributed by atoms with van der Waals surface area (Å²) in [5.41, 5.74) is 3.88. The molecule has 138 valence electrons. The number of piperidine rings is 1. The lowest BCUT2D eigenvalue weighted by Crippen LogP contribution is -2.40. The summed E-state index contributed by atoms with van der Waals surface area (Å²) in [6, 6.07) is 15.7. The van der Waals surface area contributed by atoms with Gasteiger partial charge in [0.15, 0.2) is 0 Å². The molecule has 1 unspecified atom stereocenters. The number of hydrogen-bond donors (Lipinski definition) is 2. The zero-order valence-corrected chi connectivity index (χ0v) is 15.1. The molecule has 0 bridgehead atoms. The van der Waals surface area contributed by atoms with Gasteiger partial charge < -0.3 is 5.32 Å². The molecule has 0 saturated carbocycles. The third kappa shape index (κ3) is 4.41. The quantitative estimate of drug-likeness (QED) is 0.731. The van der Waals surface area contributed by atoms with E-state index in [1.807, 2.05) is 54.7 Å². The molecule has 1 aliphatic rings. The second kappa shape index (κ2) is 8.14. The molecule has 3 heterocycles. The highest BCUT2D eigenvalue weighted by molar-refractivity contribution is 5.93. The number of anilines is 1. The molecule has 1 aromatic carbocycles. The maximum atomic E-state index is 12.7. The molecule has 6 heteroatoms. The lowest BCUT2D eigenvalue weighted by molar-refractivity contribution is -0.121. The maximum Gasteiger partial charge on any atom is 0.228 e. The van der Waals surface area contributed by atoms with Crippen LogP contribution < -0.4 is 5.32 Å². The summed E-state index contributed by atoms with van der Waals surface area (Å²) in [6.07, 6.45) is 5.50. The van der Waals surface area contributed by atoms with Gasteiger partial charge in [0, 0.05) is 31.2 Å². The van der Waals surface area contributed by atoms with E-state index < -0.39 is 0 Å². The molecular weight excluding hydrogens is 338 g/mol. The van der Waals surface area contributed by atoms with Gasteiger partial charge in [-0.05, 0) is 55.3 Å². The van der Waals surface area contributed by atoms with Crippen molar-refractivity contribution in [2.45, 2.75) is 19.4 Å². The van der Waals surface area contributed by atoms with E-state index in [0.717, 1.165) is 55.1 Å². The molecule has 6 nitrogen and oxygen atoms in total. The van der Waals surface area contributed by atoms with Gasteiger partial charge in [-0.3, -0.25) is 19.8 Å². The van der Waals surface area contributed by atoms with Gasteiger partial charge in [0.1, 0.15) is 0 Å². The number of aromatic nitrogens is 3. The van der Waals surface area contributed by atoms with Gasteiger partial charge in [-0.2, -0.15) is 5.10 Å². The molecular formula is C21H23N5O. The van der Waals surface area contributed by atoms with E-state index in [1.54, 1.807) is 6.20 Å². The second-order valence-electron chi connectivity index (χ2n) is 6.93. The van der Waals surface area contributed by atoms with Crippen LogP contribution in [0.3, 0.4) is 0 Å². The Kier molecular flexibility index (Phi) is 5.25. The lowest BCUT2D eigenvalue weighted by atomic mass is 9.96. The summed E-state index contributed by atoms with van der Waals surface area (Å²) in [5.74, 6) is 0.102. The number of hydrogen-bond acceptors (Lipinski definition) is 4. The number of pyridine rings is 1. The number of nitrogens with zero attached hydrogens (tertiary/aromatic N) is 3. The highest BCUT2D eigenvalue weighted by atomic mass is 16.1. The Morgan fingerprint density at radius 3 is 2.78 bits per heavy atom. The van der Waals surface area contributed by atoms with Crippen molar-refractivity contribution < 1.29 is 4.79 Å². The molecule has 1 amide bonds. The van der Waals surface area contributed by atoms with Crippen molar-refractivity contribution in [1.82, 2.24) is 20.1 Å². The van der Waals surface area contributed by atoms with E-state index in [2.05, 4.69) is 25.4 Å². The summed E-state index contributed by atoms with van der Waals surface area (Å²) in [4.78, 5) is 19.4. The first-order valence-corrected chi connectivity index (χ1v) is 9.31. The summed E-state index contributed by atoms with van der Waals surface area (Å²) in [6.45, 7) is 2.58. The van der Waals surface area contributed by atoms with Crippen LogP contribution in [0.1, 0.15) is 18.5 Å². The number of rotatable bonds is 5. The normalized spacial score (nSPS) is 17.6. The number of carbonyl (C=O) groups is 1. The Bertz CT molecular complexity index is 861. The van der Waals surface area contributed by atoms with Crippen LogP contribution in [0.25, 0.3) is 11.3 Å². The van der Waals surface area contributed by atoms with Crippen LogP contribution in [0, 0.1) is 5.92 Å². The number of amides is 1. The third-order valence-electron chi connectivity index (χ3n) is 4.95. The van der Waals surface area contributed by atoms with Gasteiger partial charge in [0.2, 0.25) is 5.91 Å². The minimum Gasteiger partial charge on any atom is -0.326 e. The number of aromatic amines is 1. The standard InChI is InChI=1S/C21H23N5O/c27-21(24-18-8-6-16(7-9-18)20-10-12-23-25-20)17-4-3-13-26(14-17)15-19-5-1-2-11-22-19/h1-2,5-12,17H,3-4,13-15H2,(H,23,25)(H,24,27). The molecule has 2 N–H and O–H groups in total. The van der Waals surface area contributed by atoms with E-state index in [9.17, 15) is 4.79 Å². The fourth-order valence-electron chi connectivity index (χ4n) is 3.53. The van der Waals surface area contributed by atoms with Crippen molar-refractivity contribution >= 4 is 11.6 Å². The first-order chi connectivity index (χ1) is 13.3. The Balaban J connectivity index is 1.35. The summed E-state index contributed by atoms with van der Waals surface area (Å²) in [5, 5.41) is 9.97. The van der Waals surface area contributed by atoms with Crippen LogP contribution in [-0.4, -0.2) is 39.1 Å². The first-order valence-electron chi connectivity index (χ1n) is 9.31. The number of likely N-dealkylation sites (tertiary alicyclic amines) is 1. The minimum atomic E-state index is 0.00902. The Labute approximate surface area is 158 Å². The van der Waals surface area contributed by atoms with Crippen molar-refractivity contribution in [3.63, 3.8) is 0 Å². The molecule has 3 aromatic rings. The number of carbonyl (C=O) groups excluding carboxylic acids is 1. The van der Waals surface area contributed by atoms with E-state index in [-0.39, 0.29) is 11.8 Å². The topological polar surface area (TPSA) is 73.9 Å². The molecule has 0 radical (unpaired) electrons. The molecule has 27 heavy (non-hydrogen) atoms. The van der Waals surface area contributed by atoms with Crippen LogP contribution >= 0.6 is 0 Å². The van der Waals surface area contributed by atoms with Gasteiger partial charge in [0.05, 0.1) is 17.3 Å². The highest BCUT2D eigenvalue weighted by Gasteiger charge is 2.26. The lowest BCUT2D eigenvalue weighted by Gasteiger charge is -2.31. The second-order valence-corrected chi connectivity index (χ2v) is 6.93. The zero-order valence-electron chi connectivity index (χ0n) is 15.1. The van der Waals surface area contributed by atoms with E-state index in [1.165, 1.54) is 0 Å². The van der Waals surface area contributed by atoms with Gasteiger partial charge in [0.25, 0.3) is 0 Å². The molecule has 2 aromatic heterocycles. The van der Waals surface area contributed by atoms with E-state index >= 15 is 0 Å². The average Bonchev–Trinajstić information content (AvgIpc) is 3.24. The molecule has 0 spiro atoms. The maximum absolute atomic E-state index is 12.7. The Hall–Kier alpha value is -2.99. The molecule has 1 saturated heterocycles. The van der Waals surface area contributed by atoms with Crippen molar-refractivity contribution in [3.8, 4) is 11.3 Å². The van der Waals surface area contributed by atoms with E-state index in [4.69, 9.17) is 0 Å². The fourth-order valence-corrected chi connectivity index (χ4v) is 3.53. The molecule has 1 aliphatic heterocycles. The first kappa shape index (κ1) is 17.4. The van der Waals surface area contributed by atoms with Gasteiger partial charge >= 0.3 is 0 Å². The Morgan fingerprint density at radius 1 is 1.15 bits per heavy atom. The van der Waals surface area contributed by atoms with Crippen LogP contribution in [0.4, 0.5) is 5.69 Å². The van der Waals surface area contributed by atoms with Crippen LogP contribution in [0.15, 0.2) is 60.9 Å². The molecule has 0 aliphatic carbocycles. The Morgan fingerprint density at radius 2 is 2.04 bits per heavy atom. The predicted molar refractivity (Wildman–Crippen MR) is 105 cm³/mol. The summed E-state index contributed by atoms with van der Waals surface area (Å²) in [7, 11) is 0. The zero-order chi connectivity index (χ0) is 18.5. The number of benzene rings is 1. The van der Waals surface area contributed by atoms with Gasteiger partial charge in [-0.25, -0.2) is 0 Å². The van der Waals surface area contributed by atoms with Crippen LogP contribution in [0.5, 0.6) is 0 Å². The molecule has 1 fully saturated rings. The van der Waals surface area contributed by atoms with Crippen LogP contribution in [0.2, 0.25) is 0 Å². The minimum absolute atomic E-state index is 0.00902. The third-order valence-corrected chi connectivity index (χ3v) is 4.95. The van der Waals surface area contributed by atoms with Crippen molar-refractivity contribution in [1.29, 1.82) is 0 Å². The van der Waals surface area contributed by atoms with Crippen LogP contribution in [-0.2, 0) is 11.3 Å². The smallest absolute Gasteiger partial charge is 0.228 e. The average molecular weight is 361 g/mol. The predicted octanol–water partition coefficient (Wildman–Crippen LogP) is 3.32. The van der Waals surface area contributed by atoms with E-state index in [0.29, 0.717) is 0 Å². The van der Waals surface area contributed by atoms with Crippen molar-refractivity contribution in [3.05, 3.63) is 66.6 Å². The monoisotopic (exact) mass is 361 g/mol. The largest absolute Gasteiger partial charge is 0.326 e. The van der Waals surface area contributed by atoms with Gasteiger partial charge in [-0.1, -0.05) is 18.2 Å². The number of nitrogens with one attached hydrogen (secondary N) is 2. The summed E-state index contributed by atoms with van der Waals surface area (Å²) >= 11 is 0.